The largest absolute Gasteiger partial charge is 0.340 e. The van der Waals surface area contributed by atoms with Crippen molar-refractivity contribution in [1.82, 2.24) is 10.2 Å². The summed E-state index contributed by atoms with van der Waals surface area (Å²) in [5.41, 5.74) is -0.572. The number of piperazine rings is 1. The predicted octanol–water partition coefficient (Wildman–Crippen LogP) is 1.93. The molecule has 0 radical (unpaired) electrons. The van der Waals surface area contributed by atoms with E-state index in [1.165, 1.54) is 12.8 Å². The third-order valence-electron chi connectivity index (χ3n) is 5.25. The van der Waals surface area contributed by atoms with Crippen LogP contribution >= 0.6 is 11.8 Å². The zero-order chi connectivity index (χ0) is 14.4. The molecule has 0 bridgehead atoms. The smallest absolute Gasteiger partial charge is 0.249 e. The van der Waals surface area contributed by atoms with Crippen molar-refractivity contribution in [3.8, 4) is 0 Å². The van der Waals surface area contributed by atoms with Gasteiger partial charge in [0.1, 0.15) is 11.6 Å². The van der Waals surface area contributed by atoms with Crippen LogP contribution in [0.1, 0.15) is 51.9 Å². The van der Waals surface area contributed by atoms with E-state index >= 15 is 0 Å². The molecule has 5 heteroatoms. The fraction of sp³-hybridized carbons (Fsp3) is 0.867. The SMILES string of the molecule is CCC1C(=O)NC2(CCCC2)C(=O)N1CC1(SC)CC1. The first-order chi connectivity index (χ1) is 9.56. The summed E-state index contributed by atoms with van der Waals surface area (Å²) in [6.45, 7) is 2.75. The number of carbonyl (C=O) groups excluding carboxylic acids is 2. The first-order valence-electron chi connectivity index (χ1n) is 7.74. The number of carbonyl (C=O) groups is 2. The summed E-state index contributed by atoms with van der Waals surface area (Å²) in [4.78, 5) is 27.3. The van der Waals surface area contributed by atoms with Crippen LogP contribution in [0.25, 0.3) is 0 Å². The van der Waals surface area contributed by atoms with Gasteiger partial charge in [0, 0.05) is 11.3 Å². The Morgan fingerprint density at radius 2 is 1.90 bits per heavy atom. The molecule has 1 heterocycles. The monoisotopic (exact) mass is 296 g/mol. The van der Waals surface area contributed by atoms with Crippen molar-refractivity contribution in [2.75, 3.05) is 12.8 Å². The van der Waals surface area contributed by atoms with E-state index in [-0.39, 0.29) is 22.6 Å². The second-order valence-electron chi connectivity index (χ2n) is 6.52. The lowest BCUT2D eigenvalue weighted by Crippen LogP contribution is -2.70. The first-order valence-corrected chi connectivity index (χ1v) is 8.97. The number of nitrogens with zero attached hydrogens (tertiary/aromatic N) is 1. The molecular formula is C15H24N2O2S. The zero-order valence-corrected chi connectivity index (χ0v) is 13.2. The summed E-state index contributed by atoms with van der Waals surface area (Å²) in [6, 6.07) is -0.265. The van der Waals surface area contributed by atoms with Gasteiger partial charge in [-0.3, -0.25) is 9.59 Å². The van der Waals surface area contributed by atoms with Crippen molar-refractivity contribution < 1.29 is 9.59 Å². The molecule has 112 valence electrons. The van der Waals surface area contributed by atoms with Crippen LogP contribution in [-0.4, -0.2) is 45.8 Å². The maximum atomic E-state index is 13.0. The number of nitrogens with one attached hydrogen (secondary N) is 1. The van der Waals surface area contributed by atoms with Crippen molar-refractivity contribution in [3.63, 3.8) is 0 Å². The van der Waals surface area contributed by atoms with Gasteiger partial charge in [-0.2, -0.15) is 11.8 Å². The molecule has 2 aliphatic carbocycles. The Morgan fingerprint density at radius 3 is 2.40 bits per heavy atom. The first kappa shape index (κ1) is 14.2. The van der Waals surface area contributed by atoms with Crippen LogP contribution in [0, 0.1) is 0 Å². The minimum Gasteiger partial charge on any atom is -0.340 e. The quantitative estimate of drug-likeness (QED) is 0.862. The van der Waals surface area contributed by atoms with E-state index in [4.69, 9.17) is 0 Å². The summed E-state index contributed by atoms with van der Waals surface area (Å²) >= 11 is 1.85. The highest BCUT2D eigenvalue weighted by Gasteiger charge is 2.54. The van der Waals surface area contributed by atoms with Gasteiger partial charge in [0.15, 0.2) is 0 Å². The van der Waals surface area contributed by atoms with E-state index < -0.39 is 5.54 Å². The van der Waals surface area contributed by atoms with Gasteiger partial charge in [-0.05, 0) is 38.4 Å². The van der Waals surface area contributed by atoms with Crippen molar-refractivity contribution in [2.45, 2.75) is 68.2 Å². The molecule has 3 aliphatic rings. The second-order valence-corrected chi connectivity index (χ2v) is 7.80. The van der Waals surface area contributed by atoms with Crippen molar-refractivity contribution in [1.29, 1.82) is 0 Å². The molecule has 4 nitrogen and oxygen atoms in total. The lowest BCUT2D eigenvalue weighted by atomic mass is 9.90. The van der Waals surface area contributed by atoms with Crippen molar-refractivity contribution in [3.05, 3.63) is 0 Å². The summed E-state index contributed by atoms with van der Waals surface area (Å²) in [5, 5.41) is 3.06. The van der Waals surface area contributed by atoms with Gasteiger partial charge in [0.2, 0.25) is 11.8 Å². The molecule has 2 amide bonds. The molecule has 1 spiro atoms. The van der Waals surface area contributed by atoms with Crippen LogP contribution in [0.2, 0.25) is 0 Å². The lowest BCUT2D eigenvalue weighted by Gasteiger charge is -2.45. The maximum Gasteiger partial charge on any atom is 0.249 e. The zero-order valence-electron chi connectivity index (χ0n) is 12.4. The highest BCUT2D eigenvalue weighted by molar-refractivity contribution is 8.00. The van der Waals surface area contributed by atoms with Gasteiger partial charge in [0.05, 0.1) is 0 Å². The van der Waals surface area contributed by atoms with Gasteiger partial charge >= 0.3 is 0 Å². The van der Waals surface area contributed by atoms with Gasteiger partial charge in [-0.1, -0.05) is 19.8 Å². The molecule has 2 saturated carbocycles. The summed E-state index contributed by atoms with van der Waals surface area (Å²) in [7, 11) is 0. The molecule has 3 rings (SSSR count). The molecule has 0 aromatic rings. The van der Waals surface area contributed by atoms with Gasteiger partial charge in [-0.25, -0.2) is 0 Å². The Balaban J connectivity index is 1.86. The predicted molar refractivity (Wildman–Crippen MR) is 80.6 cm³/mol. The molecule has 20 heavy (non-hydrogen) atoms. The van der Waals surface area contributed by atoms with Gasteiger partial charge in [0.25, 0.3) is 0 Å². The molecule has 1 unspecified atom stereocenters. The van der Waals surface area contributed by atoms with Crippen molar-refractivity contribution >= 4 is 23.6 Å². The number of rotatable bonds is 4. The van der Waals surface area contributed by atoms with E-state index in [0.29, 0.717) is 6.42 Å². The summed E-state index contributed by atoms with van der Waals surface area (Å²) in [6.07, 6.45) is 8.89. The fourth-order valence-corrected chi connectivity index (χ4v) is 4.49. The van der Waals surface area contributed by atoms with E-state index in [1.807, 2.05) is 23.6 Å². The molecule has 1 aliphatic heterocycles. The van der Waals surface area contributed by atoms with Crippen LogP contribution in [0.4, 0.5) is 0 Å². The van der Waals surface area contributed by atoms with E-state index in [2.05, 4.69) is 11.6 Å². The average Bonchev–Trinajstić information content (AvgIpc) is 3.07. The Morgan fingerprint density at radius 1 is 1.25 bits per heavy atom. The van der Waals surface area contributed by atoms with Crippen LogP contribution in [0.3, 0.4) is 0 Å². The number of amides is 2. The molecule has 3 fully saturated rings. The van der Waals surface area contributed by atoms with Crippen molar-refractivity contribution in [2.24, 2.45) is 0 Å². The number of hydrogen-bond acceptors (Lipinski definition) is 3. The topological polar surface area (TPSA) is 49.4 Å². The highest BCUT2D eigenvalue weighted by Crippen LogP contribution is 2.49. The maximum absolute atomic E-state index is 13.0. The van der Waals surface area contributed by atoms with Crippen LogP contribution in [-0.2, 0) is 9.59 Å². The van der Waals surface area contributed by atoms with E-state index in [9.17, 15) is 9.59 Å². The number of hydrogen-bond donors (Lipinski definition) is 1. The van der Waals surface area contributed by atoms with Crippen LogP contribution < -0.4 is 5.32 Å². The Bertz CT molecular complexity index is 428. The second kappa shape index (κ2) is 4.93. The minimum atomic E-state index is -0.572. The Hall–Kier alpha value is -0.710. The minimum absolute atomic E-state index is 0.0610. The molecule has 0 aromatic heterocycles. The van der Waals surface area contributed by atoms with Crippen LogP contribution in [0.15, 0.2) is 0 Å². The van der Waals surface area contributed by atoms with Crippen LogP contribution in [0.5, 0.6) is 0 Å². The Kier molecular flexibility index (Phi) is 3.51. The molecule has 1 N–H and O–H groups in total. The standard InChI is InChI=1S/C15H24N2O2S/c1-3-11-12(18)16-15(6-4-5-7-15)13(19)17(11)10-14(20-2)8-9-14/h11H,3-10H2,1-2H3,(H,16,18). The lowest BCUT2D eigenvalue weighted by molar-refractivity contribution is -0.155. The summed E-state index contributed by atoms with van der Waals surface area (Å²) < 4.78 is 0.223. The molecule has 1 atom stereocenters. The van der Waals surface area contributed by atoms with Gasteiger partial charge in [-0.15, -0.1) is 0 Å². The fourth-order valence-electron chi connectivity index (χ4n) is 3.71. The average molecular weight is 296 g/mol. The molecular weight excluding hydrogens is 272 g/mol. The molecule has 1 saturated heterocycles. The number of thioether (sulfide) groups is 1. The highest BCUT2D eigenvalue weighted by atomic mass is 32.2. The Labute approximate surface area is 125 Å². The van der Waals surface area contributed by atoms with E-state index in [0.717, 1.165) is 32.2 Å². The summed E-state index contributed by atoms with van der Waals surface area (Å²) in [5.74, 6) is 0.243. The molecule has 0 aromatic carbocycles. The third-order valence-corrected chi connectivity index (χ3v) is 6.66. The van der Waals surface area contributed by atoms with Gasteiger partial charge < -0.3 is 10.2 Å². The normalized spacial score (nSPS) is 30.7. The van der Waals surface area contributed by atoms with E-state index in [1.54, 1.807) is 0 Å². The third kappa shape index (κ3) is 2.14.